The molecule has 0 fully saturated rings. The SMILES string of the molecule is O=COB(O)c1ccc(C2(O)NC(=O)c3ccccc32)cc1Cl. The Kier molecular flexibility index (Phi) is 3.85. The minimum Gasteiger partial charge on any atom is -0.508 e. The van der Waals surface area contributed by atoms with Crippen LogP contribution in [0.1, 0.15) is 21.5 Å². The lowest BCUT2D eigenvalue weighted by molar-refractivity contribution is -0.121. The van der Waals surface area contributed by atoms with E-state index in [1.54, 1.807) is 24.3 Å². The van der Waals surface area contributed by atoms with E-state index >= 15 is 0 Å². The Bertz CT molecular complexity index is 799. The molecule has 1 atom stereocenters. The second kappa shape index (κ2) is 5.70. The summed E-state index contributed by atoms with van der Waals surface area (Å²) < 4.78 is 4.43. The summed E-state index contributed by atoms with van der Waals surface area (Å²) in [6.07, 6.45) is 0. The number of carbonyl (C=O) groups excluding carboxylic acids is 2. The van der Waals surface area contributed by atoms with Crippen LogP contribution in [0.5, 0.6) is 0 Å². The van der Waals surface area contributed by atoms with E-state index in [1.807, 2.05) is 0 Å². The number of halogens is 1. The van der Waals surface area contributed by atoms with Crippen LogP contribution in [-0.4, -0.2) is 29.6 Å². The number of aliphatic hydroxyl groups is 1. The van der Waals surface area contributed by atoms with E-state index in [-0.39, 0.29) is 17.0 Å². The van der Waals surface area contributed by atoms with Crippen molar-refractivity contribution in [2.45, 2.75) is 5.72 Å². The molecule has 23 heavy (non-hydrogen) atoms. The van der Waals surface area contributed by atoms with Crippen LogP contribution in [0.2, 0.25) is 5.02 Å². The summed E-state index contributed by atoms with van der Waals surface area (Å²) in [5.74, 6) is -0.396. The van der Waals surface area contributed by atoms with Crippen molar-refractivity contribution in [2.24, 2.45) is 0 Å². The first kappa shape index (κ1) is 15.5. The molecule has 8 heteroatoms. The van der Waals surface area contributed by atoms with E-state index in [4.69, 9.17) is 11.6 Å². The van der Waals surface area contributed by atoms with Gasteiger partial charge in [0.1, 0.15) is 0 Å². The van der Waals surface area contributed by atoms with Crippen LogP contribution in [0.15, 0.2) is 42.5 Å². The third-order valence-electron chi connectivity index (χ3n) is 3.72. The second-order valence-corrected chi connectivity index (χ2v) is 5.44. The van der Waals surface area contributed by atoms with E-state index in [1.165, 1.54) is 18.2 Å². The fourth-order valence-corrected chi connectivity index (χ4v) is 2.88. The third-order valence-corrected chi connectivity index (χ3v) is 4.05. The Morgan fingerprint density at radius 1 is 1.26 bits per heavy atom. The first-order valence-corrected chi connectivity index (χ1v) is 7.06. The maximum atomic E-state index is 12.0. The number of fused-ring (bicyclic) bond motifs is 1. The van der Waals surface area contributed by atoms with Crippen LogP contribution in [-0.2, 0) is 15.2 Å². The minimum absolute atomic E-state index is 0.0869. The molecule has 0 saturated heterocycles. The van der Waals surface area contributed by atoms with Crippen LogP contribution >= 0.6 is 11.6 Å². The van der Waals surface area contributed by atoms with Crippen molar-refractivity contribution >= 4 is 36.6 Å². The van der Waals surface area contributed by atoms with Crippen molar-refractivity contribution in [1.29, 1.82) is 0 Å². The molecule has 6 nitrogen and oxygen atoms in total. The quantitative estimate of drug-likeness (QED) is 0.547. The summed E-state index contributed by atoms with van der Waals surface area (Å²) in [6.45, 7) is 0.107. The average molecular weight is 332 g/mol. The van der Waals surface area contributed by atoms with Gasteiger partial charge in [0.15, 0.2) is 5.72 Å². The maximum absolute atomic E-state index is 12.0. The molecule has 1 unspecified atom stereocenters. The molecule has 2 aromatic carbocycles. The molecule has 1 aliphatic heterocycles. The number of hydrogen-bond donors (Lipinski definition) is 3. The first-order valence-electron chi connectivity index (χ1n) is 6.69. The Balaban J connectivity index is 2.05. The molecule has 0 aliphatic carbocycles. The zero-order valence-electron chi connectivity index (χ0n) is 11.7. The molecule has 1 heterocycles. The van der Waals surface area contributed by atoms with Crippen LogP contribution in [0.3, 0.4) is 0 Å². The van der Waals surface area contributed by atoms with Gasteiger partial charge in [-0.1, -0.05) is 41.9 Å². The highest BCUT2D eigenvalue weighted by Crippen LogP contribution is 2.35. The summed E-state index contributed by atoms with van der Waals surface area (Å²) in [5.41, 5.74) is -0.434. The smallest absolute Gasteiger partial charge is 0.508 e. The molecule has 1 aliphatic rings. The molecule has 116 valence electrons. The zero-order chi connectivity index (χ0) is 16.6. The molecular weight excluding hydrogens is 320 g/mol. The highest BCUT2D eigenvalue weighted by atomic mass is 35.5. The van der Waals surface area contributed by atoms with Crippen LogP contribution in [0.4, 0.5) is 0 Å². The molecule has 0 aromatic heterocycles. The number of benzene rings is 2. The average Bonchev–Trinajstić information content (AvgIpc) is 2.80. The van der Waals surface area contributed by atoms with Crippen molar-refractivity contribution in [1.82, 2.24) is 5.32 Å². The lowest BCUT2D eigenvalue weighted by Gasteiger charge is -2.25. The monoisotopic (exact) mass is 331 g/mol. The molecule has 1 amide bonds. The van der Waals surface area contributed by atoms with E-state index in [0.717, 1.165) is 0 Å². The van der Waals surface area contributed by atoms with Gasteiger partial charge >= 0.3 is 7.12 Å². The molecule has 0 saturated carbocycles. The molecule has 3 rings (SSSR count). The maximum Gasteiger partial charge on any atom is 0.563 e. The van der Waals surface area contributed by atoms with Crippen molar-refractivity contribution in [3.63, 3.8) is 0 Å². The fraction of sp³-hybridized carbons (Fsp3) is 0.0667. The van der Waals surface area contributed by atoms with Crippen LogP contribution in [0.25, 0.3) is 0 Å². The van der Waals surface area contributed by atoms with Gasteiger partial charge in [0, 0.05) is 27.2 Å². The molecular formula is C15H11BClNO5. The first-order chi connectivity index (χ1) is 11.0. The van der Waals surface area contributed by atoms with Gasteiger partial charge in [-0.2, -0.15) is 0 Å². The van der Waals surface area contributed by atoms with Gasteiger partial charge in [-0.25, -0.2) is 0 Å². The molecule has 0 bridgehead atoms. The largest absolute Gasteiger partial charge is 0.563 e. The van der Waals surface area contributed by atoms with E-state index < -0.39 is 18.8 Å². The number of rotatable bonds is 4. The Labute approximate surface area is 136 Å². The summed E-state index contributed by atoms with van der Waals surface area (Å²) >= 11 is 6.08. The van der Waals surface area contributed by atoms with Gasteiger partial charge in [0.2, 0.25) is 0 Å². The fourth-order valence-electron chi connectivity index (χ4n) is 2.60. The predicted molar refractivity (Wildman–Crippen MR) is 83.1 cm³/mol. The lowest BCUT2D eigenvalue weighted by atomic mass is 9.78. The standard InChI is InChI=1S/C15H11BClNO5/c17-13-7-9(5-6-12(13)16(22)23-8-19)15(21)11-4-2-1-3-10(11)14(20)18-15/h1-8,21-22H,(H,18,20). The predicted octanol–water partition coefficient (Wildman–Crippen LogP) is 0.137. The van der Waals surface area contributed by atoms with Gasteiger partial charge in [-0.3, -0.25) is 9.59 Å². The molecule has 0 spiro atoms. The van der Waals surface area contributed by atoms with E-state index in [2.05, 4.69) is 9.97 Å². The molecule has 2 aromatic rings. The summed E-state index contributed by atoms with van der Waals surface area (Å²) in [7, 11) is -1.51. The van der Waals surface area contributed by atoms with Gasteiger partial charge in [-0.05, 0) is 12.1 Å². The van der Waals surface area contributed by atoms with E-state index in [0.29, 0.717) is 16.7 Å². The van der Waals surface area contributed by atoms with Crippen LogP contribution in [0, 0.1) is 0 Å². The number of nitrogens with one attached hydrogen (secondary N) is 1. The summed E-state index contributed by atoms with van der Waals surface area (Å²) in [4.78, 5) is 22.3. The Hall–Kier alpha value is -2.35. The summed E-state index contributed by atoms with van der Waals surface area (Å²) in [6, 6.07) is 11.0. The minimum atomic E-state index is -1.72. The topological polar surface area (TPSA) is 95.9 Å². The normalized spacial score (nSPS) is 19.0. The van der Waals surface area contributed by atoms with E-state index in [9.17, 15) is 19.7 Å². The van der Waals surface area contributed by atoms with Gasteiger partial charge in [0.25, 0.3) is 12.4 Å². The number of hydrogen-bond acceptors (Lipinski definition) is 5. The van der Waals surface area contributed by atoms with Crippen LogP contribution < -0.4 is 10.8 Å². The number of amides is 1. The van der Waals surface area contributed by atoms with Gasteiger partial charge in [-0.15, -0.1) is 0 Å². The van der Waals surface area contributed by atoms with Crippen molar-refractivity contribution < 1.29 is 24.4 Å². The summed E-state index contributed by atoms with van der Waals surface area (Å²) in [5, 5.41) is 23.2. The van der Waals surface area contributed by atoms with Crippen molar-refractivity contribution in [2.75, 3.05) is 0 Å². The lowest BCUT2D eigenvalue weighted by Crippen LogP contribution is -2.41. The molecule has 3 N–H and O–H groups in total. The Morgan fingerprint density at radius 2 is 2.00 bits per heavy atom. The highest BCUT2D eigenvalue weighted by molar-refractivity contribution is 6.64. The van der Waals surface area contributed by atoms with Gasteiger partial charge < -0.3 is 20.1 Å². The van der Waals surface area contributed by atoms with Crippen molar-refractivity contribution in [3.05, 3.63) is 64.2 Å². The molecule has 0 radical (unpaired) electrons. The third kappa shape index (κ3) is 2.48. The highest BCUT2D eigenvalue weighted by Gasteiger charge is 2.43. The second-order valence-electron chi connectivity index (χ2n) is 5.03. The zero-order valence-corrected chi connectivity index (χ0v) is 12.4. The number of carbonyl (C=O) groups is 2. The van der Waals surface area contributed by atoms with Crippen molar-refractivity contribution in [3.8, 4) is 0 Å². The Morgan fingerprint density at radius 3 is 2.70 bits per heavy atom. The van der Waals surface area contributed by atoms with Gasteiger partial charge in [0.05, 0.1) is 0 Å².